The zero-order valence-corrected chi connectivity index (χ0v) is 24.0. The molecule has 2 aromatic heterocycles. The van der Waals surface area contributed by atoms with E-state index in [0.717, 1.165) is 27.6 Å². The molecule has 5 aromatic carbocycles. The van der Waals surface area contributed by atoms with Crippen LogP contribution in [0, 0.1) is 22.7 Å². The second-order valence-electron chi connectivity index (χ2n) is 11.6. The van der Waals surface area contributed by atoms with Gasteiger partial charge in [-0.25, -0.2) is 0 Å². The largest absolute Gasteiger partial charge is 0.264 e. The predicted octanol–water partition coefficient (Wildman–Crippen LogP) is 9.05. The molecule has 0 atom stereocenters. The molecule has 4 nitrogen and oxygen atoms in total. The molecule has 45 heavy (non-hydrogen) atoms. The van der Waals surface area contributed by atoms with Gasteiger partial charge < -0.3 is 0 Å². The van der Waals surface area contributed by atoms with E-state index >= 15 is 0 Å². The Morgan fingerprint density at radius 3 is 1.69 bits per heavy atom. The van der Waals surface area contributed by atoms with Crippen molar-refractivity contribution in [3.8, 4) is 56.6 Å². The first-order chi connectivity index (χ1) is 22.2. The van der Waals surface area contributed by atoms with Crippen LogP contribution in [0.25, 0.3) is 55.3 Å². The van der Waals surface area contributed by atoms with Gasteiger partial charge in [0.2, 0.25) is 0 Å². The fourth-order valence-corrected chi connectivity index (χ4v) is 7.76. The Morgan fingerprint density at radius 2 is 1.04 bits per heavy atom. The van der Waals surface area contributed by atoms with E-state index in [-0.39, 0.29) is 0 Å². The Hall–Kier alpha value is -6.36. The van der Waals surface area contributed by atoms with Crippen molar-refractivity contribution >= 4 is 10.8 Å². The van der Waals surface area contributed by atoms with Gasteiger partial charge in [0.25, 0.3) is 0 Å². The van der Waals surface area contributed by atoms with E-state index in [2.05, 4.69) is 119 Å². The molecule has 0 unspecified atom stereocenters. The zero-order chi connectivity index (χ0) is 30.1. The molecule has 0 radical (unpaired) electrons. The highest BCUT2D eigenvalue weighted by molar-refractivity contribution is 6.05. The second-order valence-corrected chi connectivity index (χ2v) is 11.6. The zero-order valence-electron chi connectivity index (χ0n) is 24.0. The average Bonchev–Trinajstić information content (AvgIpc) is 3.58. The van der Waals surface area contributed by atoms with E-state index in [4.69, 9.17) is 0 Å². The van der Waals surface area contributed by atoms with Gasteiger partial charge in [-0.05, 0) is 90.7 Å². The van der Waals surface area contributed by atoms with E-state index in [9.17, 15) is 10.5 Å². The number of aromatic nitrogens is 2. The topological polar surface area (TPSA) is 73.4 Å². The summed E-state index contributed by atoms with van der Waals surface area (Å²) in [5.74, 6) is 0. The fourth-order valence-electron chi connectivity index (χ4n) is 7.76. The summed E-state index contributed by atoms with van der Waals surface area (Å²) in [6.45, 7) is 0. The molecule has 0 N–H and O–H groups in total. The third-order valence-electron chi connectivity index (χ3n) is 9.57. The first-order valence-electron chi connectivity index (χ1n) is 14.8. The molecule has 0 saturated heterocycles. The van der Waals surface area contributed by atoms with Crippen molar-refractivity contribution in [2.75, 3.05) is 0 Å². The van der Waals surface area contributed by atoms with Gasteiger partial charge in [0.05, 0.1) is 28.7 Å². The molecule has 1 spiro atoms. The second kappa shape index (κ2) is 9.32. The molecule has 206 valence electrons. The Bertz CT molecular complexity index is 2430. The Labute approximate surface area is 260 Å². The highest BCUT2D eigenvalue weighted by Gasteiger charge is 2.52. The number of rotatable bonds is 2. The summed E-state index contributed by atoms with van der Waals surface area (Å²) in [5.41, 5.74) is 14.1. The molecule has 4 heteroatoms. The molecular weight excluding hydrogens is 548 g/mol. The first kappa shape index (κ1) is 25.2. The number of hydrogen-bond donors (Lipinski definition) is 0. The molecule has 2 aliphatic carbocycles. The van der Waals surface area contributed by atoms with E-state index in [1.54, 1.807) is 36.9 Å². The highest BCUT2D eigenvalue weighted by atomic mass is 14.6. The molecule has 9 rings (SSSR count). The van der Waals surface area contributed by atoms with Crippen molar-refractivity contribution in [3.05, 3.63) is 167 Å². The van der Waals surface area contributed by atoms with E-state index < -0.39 is 5.41 Å². The highest BCUT2D eigenvalue weighted by Crippen LogP contribution is 2.64. The van der Waals surface area contributed by atoms with E-state index in [0.29, 0.717) is 11.1 Å². The van der Waals surface area contributed by atoms with Crippen molar-refractivity contribution < 1.29 is 0 Å². The number of nitrogens with zero attached hydrogens (tertiary/aromatic N) is 4. The smallest absolute Gasteiger partial charge is 0.0999 e. The number of hydrogen-bond acceptors (Lipinski definition) is 4. The first-order valence-corrected chi connectivity index (χ1v) is 14.8. The standard InChI is InChI=1S/C41H22N4/c42-21-28-15-17-44-23-35(28)26-9-12-30-25(19-26)11-14-34-33-13-10-27(36-24-45-18-16-29(36)22-43)20-39(33)41(40(30)34)37-7-3-1-5-31(37)32-6-2-4-8-38(32)41/h1-20,23-24H. The summed E-state index contributed by atoms with van der Waals surface area (Å²) in [6.07, 6.45) is 6.88. The predicted molar refractivity (Wildman–Crippen MR) is 176 cm³/mol. The molecule has 0 saturated carbocycles. The van der Waals surface area contributed by atoms with Gasteiger partial charge in [0.15, 0.2) is 0 Å². The average molecular weight is 571 g/mol. The van der Waals surface area contributed by atoms with E-state index in [1.807, 2.05) is 0 Å². The molecule has 0 bridgehead atoms. The maximum Gasteiger partial charge on any atom is 0.0999 e. The van der Waals surface area contributed by atoms with Gasteiger partial charge in [-0.2, -0.15) is 10.5 Å². The summed E-state index contributed by atoms with van der Waals surface area (Å²) in [4.78, 5) is 8.69. The van der Waals surface area contributed by atoms with Crippen molar-refractivity contribution in [2.45, 2.75) is 5.41 Å². The van der Waals surface area contributed by atoms with Crippen molar-refractivity contribution in [1.29, 1.82) is 10.5 Å². The van der Waals surface area contributed by atoms with Crippen LogP contribution in [-0.2, 0) is 5.41 Å². The van der Waals surface area contributed by atoms with Gasteiger partial charge in [-0.3, -0.25) is 9.97 Å². The lowest BCUT2D eigenvalue weighted by atomic mass is 9.69. The Balaban J connectivity index is 1.40. The van der Waals surface area contributed by atoms with Crippen LogP contribution in [0.3, 0.4) is 0 Å². The summed E-state index contributed by atoms with van der Waals surface area (Å²) < 4.78 is 0. The maximum atomic E-state index is 9.94. The Morgan fingerprint density at radius 1 is 0.489 bits per heavy atom. The monoisotopic (exact) mass is 570 g/mol. The molecule has 7 aromatic rings. The van der Waals surface area contributed by atoms with Crippen LogP contribution in [0.2, 0.25) is 0 Å². The van der Waals surface area contributed by atoms with E-state index in [1.165, 1.54) is 49.9 Å². The Kier molecular flexibility index (Phi) is 5.21. The van der Waals surface area contributed by atoms with Gasteiger partial charge in [-0.15, -0.1) is 0 Å². The SMILES string of the molecule is N#Cc1ccncc1-c1ccc2c(c1)C1(c3ccccc3-c3ccccc31)c1c-2ccc2cc(-c3cnccc3C#N)ccc12. The number of fused-ring (bicyclic) bond motifs is 12. The van der Waals surface area contributed by atoms with Gasteiger partial charge in [-0.1, -0.05) is 84.9 Å². The minimum Gasteiger partial charge on any atom is -0.264 e. The quantitative estimate of drug-likeness (QED) is 0.208. The molecule has 2 heterocycles. The maximum absolute atomic E-state index is 9.94. The van der Waals surface area contributed by atoms with Crippen LogP contribution in [0.4, 0.5) is 0 Å². The molecule has 0 fully saturated rings. The lowest BCUT2D eigenvalue weighted by Crippen LogP contribution is -2.26. The number of pyridine rings is 2. The van der Waals surface area contributed by atoms with Crippen molar-refractivity contribution in [3.63, 3.8) is 0 Å². The minimum atomic E-state index is -0.560. The van der Waals surface area contributed by atoms with Gasteiger partial charge in [0, 0.05) is 35.9 Å². The van der Waals surface area contributed by atoms with Gasteiger partial charge in [0.1, 0.15) is 0 Å². The molecule has 0 amide bonds. The van der Waals surface area contributed by atoms with Crippen molar-refractivity contribution in [1.82, 2.24) is 9.97 Å². The van der Waals surface area contributed by atoms with Crippen LogP contribution in [0.1, 0.15) is 33.4 Å². The van der Waals surface area contributed by atoms with Crippen LogP contribution in [-0.4, -0.2) is 9.97 Å². The molecular formula is C41H22N4. The van der Waals surface area contributed by atoms with Crippen LogP contribution in [0.5, 0.6) is 0 Å². The van der Waals surface area contributed by atoms with Crippen LogP contribution >= 0.6 is 0 Å². The molecule has 2 aliphatic rings. The van der Waals surface area contributed by atoms with Crippen LogP contribution < -0.4 is 0 Å². The third kappa shape index (κ3) is 3.29. The minimum absolute atomic E-state index is 0.560. The molecule has 0 aliphatic heterocycles. The summed E-state index contributed by atoms with van der Waals surface area (Å²) in [7, 11) is 0. The van der Waals surface area contributed by atoms with Crippen LogP contribution in [0.15, 0.2) is 134 Å². The van der Waals surface area contributed by atoms with Gasteiger partial charge >= 0.3 is 0 Å². The third-order valence-corrected chi connectivity index (χ3v) is 9.57. The summed E-state index contributed by atoms with van der Waals surface area (Å²) in [6, 6.07) is 43.3. The fraction of sp³-hybridized carbons (Fsp3) is 0.0244. The van der Waals surface area contributed by atoms with Crippen molar-refractivity contribution in [2.24, 2.45) is 0 Å². The summed E-state index contributed by atoms with van der Waals surface area (Å²) >= 11 is 0. The number of nitriles is 2. The lowest BCUT2D eigenvalue weighted by Gasteiger charge is -2.31. The normalized spacial score (nSPS) is 13.0. The lowest BCUT2D eigenvalue weighted by molar-refractivity contribution is 0.801. The number of benzene rings is 5. The summed E-state index contributed by atoms with van der Waals surface area (Å²) in [5, 5.41) is 22.0.